The molecule has 3 rings (SSSR count). The molecule has 1 fully saturated rings. The Labute approximate surface area is 177 Å². The van der Waals surface area contributed by atoms with Crippen molar-refractivity contribution in [1.29, 1.82) is 0 Å². The van der Waals surface area contributed by atoms with Crippen molar-refractivity contribution in [3.8, 4) is 5.69 Å². The molecular formula is C17H20ClF2N4O3S2+. The lowest BCUT2D eigenvalue weighted by molar-refractivity contribution is -0.904. The molecule has 0 aliphatic heterocycles. The second kappa shape index (κ2) is 8.11. The molecule has 1 aliphatic carbocycles. The highest BCUT2D eigenvalue weighted by Gasteiger charge is 2.58. The van der Waals surface area contributed by atoms with Gasteiger partial charge in [0, 0.05) is 36.1 Å². The summed E-state index contributed by atoms with van der Waals surface area (Å²) in [6.07, 6.45) is 4.14. The number of aromatic nitrogens is 3. The van der Waals surface area contributed by atoms with E-state index in [1.807, 2.05) is 6.92 Å². The fourth-order valence-corrected chi connectivity index (χ4v) is 5.28. The largest absolute Gasteiger partial charge is 0.332 e. The average Bonchev–Trinajstić information content (AvgIpc) is 3.04. The molecule has 2 heterocycles. The Hall–Kier alpha value is -1.85. The third kappa shape index (κ3) is 5.20. The summed E-state index contributed by atoms with van der Waals surface area (Å²) >= 11 is 11.6. The van der Waals surface area contributed by atoms with Gasteiger partial charge in [0.2, 0.25) is 12.4 Å². The SMILES string of the molecule is CCN(C(=S)CCS(=O)(=O)CC1CC1(F)F)c1cn(-c2ccc[n+](O)c2)nc1Cl. The number of rotatable bonds is 8. The van der Waals surface area contributed by atoms with Crippen LogP contribution in [0.15, 0.2) is 30.7 Å². The van der Waals surface area contributed by atoms with E-state index in [0.717, 1.165) is 4.73 Å². The highest BCUT2D eigenvalue weighted by atomic mass is 35.5. The minimum absolute atomic E-state index is 0.0211. The lowest BCUT2D eigenvalue weighted by Gasteiger charge is -2.22. The number of sulfone groups is 1. The van der Waals surface area contributed by atoms with E-state index in [2.05, 4.69) is 5.10 Å². The predicted octanol–water partition coefficient (Wildman–Crippen LogP) is 2.66. The van der Waals surface area contributed by atoms with Crippen molar-refractivity contribution < 1.29 is 27.1 Å². The van der Waals surface area contributed by atoms with Gasteiger partial charge in [0.25, 0.3) is 5.92 Å². The highest BCUT2D eigenvalue weighted by molar-refractivity contribution is 7.91. The molecule has 0 spiro atoms. The maximum absolute atomic E-state index is 13.0. The van der Waals surface area contributed by atoms with Gasteiger partial charge in [-0.1, -0.05) is 23.8 Å². The maximum Gasteiger partial charge on any atom is 0.252 e. The molecule has 0 radical (unpaired) electrons. The number of hydrogen-bond donors (Lipinski definition) is 1. The first-order chi connectivity index (χ1) is 13.5. The predicted molar refractivity (Wildman–Crippen MR) is 108 cm³/mol. The van der Waals surface area contributed by atoms with E-state index in [-0.39, 0.29) is 23.7 Å². The summed E-state index contributed by atoms with van der Waals surface area (Å²) in [6, 6.07) is 3.34. The van der Waals surface area contributed by atoms with E-state index >= 15 is 0 Å². The summed E-state index contributed by atoms with van der Waals surface area (Å²) in [6.45, 7) is 2.24. The Kier molecular flexibility index (Phi) is 6.11. The zero-order valence-corrected chi connectivity index (χ0v) is 17.9. The van der Waals surface area contributed by atoms with Crippen LogP contribution < -0.4 is 9.63 Å². The molecule has 158 valence electrons. The highest BCUT2D eigenvalue weighted by Crippen LogP contribution is 2.49. The molecular weight excluding hydrogens is 446 g/mol. The Morgan fingerprint density at radius 2 is 2.24 bits per heavy atom. The van der Waals surface area contributed by atoms with Gasteiger partial charge in [-0.15, -0.1) is 0 Å². The van der Waals surface area contributed by atoms with Crippen molar-refractivity contribution in [2.45, 2.75) is 25.7 Å². The van der Waals surface area contributed by atoms with Crippen molar-refractivity contribution in [2.75, 3.05) is 23.0 Å². The monoisotopic (exact) mass is 465 g/mol. The van der Waals surface area contributed by atoms with Crippen LogP contribution in [0.1, 0.15) is 19.8 Å². The van der Waals surface area contributed by atoms with Crippen LogP contribution in [0.2, 0.25) is 5.15 Å². The van der Waals surface area contributed by atoms with Crippen molar-refractivity contribution in [2.24, 2.45) is 5.92 Å². The maximum atomic E-state index is 13.0. The van der Waals surface area contributed by atoms with Crippen molar-refractivity contribution in [3.63, 3.8) is 0 Å². The lowest BCUT2D eigenvalue weighted by atomic mass is 10.3. The van der Waals surface area contributed by atoms with Crippen LogP contribution in [-0.4, -0.2) is 52.4 Å². The van der Waals surface area contributed by atoms with Crippen LogP contribution in [-0.2, 0) is 9.84 Å². The minimum Gasteiger partial charge on any atom is -0.332 e. The minimum atomic E-state index is -3.64. The van der Waals surface area contributed by atoms with Crippen LogP contribution in [0.3, 0.4) is 0 Å². The molecule has 1 N–H and O–H groups in total. The Balaban J connectivity index is 1.70. The molecule has 0 saturated heterocycles. The summed E-state index contributed by atoms with van der Waals surface area (Å²) < 4.78 is 52.6. The van der Waals surface area contributed by atoms with Crippen LogP contribution in [0.5, 0.6) is 0 Å². The molecule has 2 aromatic rings. The molecule has 29 heavy (non-hydrogen) atoms. The van der Waals surface area contributed by atoms with E-state index in [9.17, 15) is 22.4 Å². The van der Waals surface area contributed by atoms with Gasteiger partial charge in [0.1, 0.15) is 5.69 Å². The third-order valence-electron chi connectivity index (χ3n) is 4.63. The van der Waals surface area contributed by atoms with Crippen molar-refractivity contribution >= 4 is 44.3 Å². The Morgan fingerprint density at radius 3 is 2.83 bits per heavy atom. The van der Waals surface area contributed by atoms with E-state index in [0.29, 0.717) is 22.9 Å². The van der Waals surface area contributed by atoms with E-state index in [4.69, 9.17) is 23.8 Å². The molecule has 1 aliphatic rings. The van der Waals surface area contributed by atoms with Crippen molar-refractivity contribution in [3.05, 3.63) is 35.9 Å². The molecule has 0 aromatic carbocycles. The molecule has 12 heteroatoms. The van der Waals surface area contributed by atoms with Gasteiger partial charge in [-0.25, -0.2) is 21.9 Å². The standard InChI is InChI=1S/C17H20ClF2N4O3S2/c1-2-23(15(28)5-7-29(26,27)11-12-8-17(12,19)20)14-10-24(21-16(14)18)13-4-3-6-22(25)9-13/h3-4,6,9-10,12,25H,2,5,7-8,11H2,1H3/q+1. The average molecular weight is 466 g/mol. The van der Waals surface area contributed by atoms with Gasteiger partial charge in [-0.05, 0) is 13.0 Å². The third-order valence-corrected chi connectivity index (χ3v) is 7.06. The molecule has 1 unspecified atom stereocenters. The van der Waals surface area contributed by atoms with Gasteiger partial charge < -0.3 is 4.90 Å². The van der Waals surface area contributed by atoms with Crippen molar-refractivity contribution in [1.82, 2.24) is 9.78 Å². The van der Waals surface area contributed by atoms with Gasteiger partial charge in [0.05, 0.1) is 28.4 Å². The van der Waals surface area contributed by atoms with Crippen LogP contribution in [0.25, 0.3) is 5.69 Å². The fourth-order valence-electron chi connectivity index (χ4n) is 2.94. The molecule has 2 aromatic heterocycles. The number of thiocarbonyl (C=S) groups is 1. The normalized spacial score (nSPS) is 17.9. The quantitative estimate of drug-likeness (QED) is 0.367. The Bertz CT molecular complexity index is 1030. The fraction of sp³-hybridized carbons (Fsp3) is 0.471. The van der Waals surface area contributed by atoms with Crippen LogP contribution >= 0.6 is 23.8 Å². The second-order valence-corrected chi connectivity index (χ2v) is 9.91. The van der Waals surface area contributed by atoms with Crippen LogP contribution in [0, 0.1) is 5.92 Å². The van der Waals surface area contributed by atoms with Gasteiger partial charge in [-0.2, -0.15) is 5.10 Å². The number of hydrogen-bond acceptors (Lipinski definition) is 5. The molecule has 1 atom stereocenters. The van der Waals surface area contributed by atoms with E-state index in [1.54, 1.807) is 23.2 Å². The Morgan fingerprint density at radius 1 is 1.55 bits per heavy atom. The van der Waals surface area contributed by atoms with Gasteiger partial charge >= 0.3 is 0 Å². The molecule has 7 nitrogen and oxygen atoms in total. The first-order valence-corrected chi connectivity index (χ1v) is 11.5. The molecule has 0 amide bonds. The van der Waals surface area contributed by atoms with E-state index < -0.39 is 27.4 Å². The summed E-state index contributed by atoms with van der Waals surface area (Å²) in [4.78, 5) is 1.98. The topological polar surface area (TPSA) is 79.3 Å². The smallest absolute Gasteiger partial charge is 0.252 e. The zero-order chi connectivity index (χ0) is 21.4. The summed E-state index contributed by atoms with van der Waals surface area (Å²) in [7, 11) is -3.64. The summed E-state index contributed by atoms with van der Waals surface area (Å²) in [5, 5.41) is 13.9. The number of pyridine rings is 1. The number of halogens is 3. The summed E-state index contributed by atoms with van der Waals surface area (Å²) in [5.41, 5.74) is 1.04. The number of nitrogens with zero attached hydrogens (tertiary/aromatic N) is 4. The van der Waals surface area contributed by atoms with Gasteiger partial charge in [0.15, 0.2) is 15.0 Å². The van der Waals surface area contributed by atoms with Gasteiger partial charge in [-0.3, -0.25) is 5.21 Å². The van der Waals surface area contributed by atoms with E-state index in [1.165, 1.54) is 17.1 Å². The number of alkyl halides is 2. The summed E-state index contributed by atoms with van der Waals surface area (Å²) in [5.74, 6) is -4.78. The first kappa shape index (κ1) is 21.8. The molecule has 0 bridgehead atoms. The molecule has 1 saturated carbocycles. The zero-order valence-electron chi connectivity index (χ0n) is 15.5. The second-order valence-electron chi connectivity index (χ2n) is 6.86. The van der Waals surface area contributed by atoms with Crippen LogP contribution in [0.4, 0.5) is 14.5 Å². The lowest BCUT2D eigenvalue weighted by Crippen LogP contribution is -2.31. The number of anilines is 1. The first-order valence-electron chi connectivity index (χ1n) is 8.87.